The summed E-state index contributed by atoms with van der Waals surface area (Å²) in [7, 11) is 1.60. The van der Waals surface area contributed by atoms with Crippen LogP contribution >= 0.6 is 0 Å². The number of aliphatic imine (C=N–C) groups is 1. The molecule has 0 heterocycles. The number of hydrogen-bond acceptors (Lipinski definition) is 6. The van der Waals surface area contributed by atoms with Crippen LogP contribution in [0.25, 0.3) is 0 Å². The number of aliphatic hydroxyl groups is 1. The van der Waals surface area contributed by atoms with Crippen LogP contribution in [0.3, 0.4) is 0 Å². The van der Waals surface area contributed by atoms with Gasteiger partial charge in [0.1, 0.15) is 11.5 Å². The Morgan fingerprint density at radius 3 is 2.55 bits per heavy atom. The maximum Gasteiger partial charge on any atom is 0.168 e. The summed E-state index contributed by atoms with van der Waals surface area (Å²) in [5, 5.41) is 10.9. The van der Waals surface area contributed by atoms with Crippen molar-refractivity contribution in [1.82, 2.24) is 0 Å². The van der Waals surface area contributed by atoms with Crippen LogP contribution in [-0.2, 0) is 11.2 Å². The Hall–Kier alpha value is -3.28. The van der Waals surface area contributed by atoms with Gasteiger partial charge in [-0.05, 0) is 56.5 Å². The number of allylic oxidation sites excluding steroid dienone is 2. The summed E-state index contributed by atoms with van der Waals surface area (Å²) in [6, 6.07) is 12.9. The fraction of sp³-hybridized carbons (Fsp3) is 0.360. The minimum Gasteiger partial charge on any atom is -0.511 e. The first-order valence-electron chi connectivity index (χ1n) is 10.6. The van der Waals surface area contributed by atoms with Crippen molar-refractivity contribution in [3.8, 4) is 17.2 Å². The Balaban J connectivity index is 1.94. The van der Waals surface area contributed by atoms with Crippen LogP contribution < -0.4 is 14.2 Å². The molecule has 1 saturated carbocycles. The minimum absolute atomic E-state index is 0.0259. The summed E-state index contributed by atoms with van der Waals surface area (Å²) in [5.74, 6) is 1.92. The molecule has 1 N–H and O–H groups in total. The van der Waals surface area contributed by atoms with E-state index >= 15 is 0 Å². The van der Waals surface area contributed by atoms with Gasteiger partial charge >= 0.3 is 0 Å². The van der Waals surface area contributed by atoms with Crippen LogP contribution in [0.5, 0.6) is 17.2 Å². The molecule has 0 bridgehead atoms. The smallest absolute Gasteiger partial charge is 0.168 e. The molecule has 31 heavy (non-hydrogen) atoms. The summed E-state index contributed by atoms with van der Waals surface area (Å²) in [6.07, 6.45) is 1.97. The highest BCUT2D eigenvalue weighted by Crippen LogP contribution is 2.31. The third-order valence-electron chi connectivity index (χ3n) is 4.97. The van der Waals surface area contributed by atoms with Crippen molar-refractivity contribution in [3.05, 3.63) is 59.4 Å². The van der Waals surface area contributed by atoms with Gasteiger partial charge in [-0.1, -0.05) is 12.1 Å². The molecule has 2 aromatic carbocycles. The third-order valence-corrected chi connectivity index (χ3v) is 4.97. The number of Topliss-reactive ketones (excluding diaryl/α,β-unsaturated/α-hetero) is 1. The second-order valence-corrected chi connectivity index (χ2v) is 7.18. The zero-order chi connectivity index (χ0) is 22.2. The Kier molecular flexibility index (Phi) is 7.70. The number of carbonyl (C=O) groups excluding carboxylic acids is 1. The number of rotatable bonds is 8. The second-order valence-electron chi connectivity index (χ2n) is 7.18. The highest BCUT2D eigenvalue weighted by atomic mass is 16.5. The molecule has 1 fully saturated rings. The summed E-state index contributed by atoms with van der Waals surface area (Å²) < 4.78 is 16.5. The molecule has 164 valence electrons. The topological polar surface area (TPSA) is 77.4 Å². The van der Waals surface area contributed by atoms with E-state index in [1.807, 2.05) is 56.3 Å². The van der Waals surface area contributed by atoms with Crippen molar-refractivity contribution in [2.45, 2.75) is 39.5 Å². The van der Waals surface area contributed by atoms with Crippen LogP contribution in [0, 0.1) is 0 Å². The highest BCUT2D eigenvalue weighted by molar-refractivity contribution is 6.24. The van der Waals surface area contributed by atoms with Crippen molar-refractivity contribution in [2.75, 3.05) is 20.3 Å². The maximum absolute atomic E-state index is 12.7. The van der Waals surface area contributed by atoms with Crippen LogP contribution in [0.2, 0.25) is 0 Å². The van der Waals surface area contributed by atoms with Gasteiger partial charge in [-0.25, -0.2) is 0 Å². The number of nitrogens with zero attached hydrogens (tertiary/aromatic N) is 1. The van der Waals surface area contributed by atoms with Gasteiger partial charge in [-0.15, -0.1) is 0 Å². The van der Waals surface area contributed by atoms with E-state index < -0.39 is 0 Å². The third kappa shape index (κ3) is 5.66. The van der Waals surface area contributed by atoms with Crippen molar-refractivity contribution < 1.29 is 24.1 Å². The van der Waals surface area contributed by atoms with Gasteiger partial charge in [0.25, 0.3) is 0 Å². The molecule has 0 aliphatic heterocycles. The average Bonchev–Trinajstić information content (AvgIpc) is 2.76. The van der Waals surface area contributed by atoms with Gasteiger partial charge in [0.05, 0.1) is 37.3 Å². The summed E-state index contributed by atoms with van der Waals surface area (Å²) in [6.45, 7) is 4.86. The number of ketones is 1. The maximum atomic E-state index is 12.7. The predicted octanol–water partition coefficient (Wildman–Crippen LogP) is 5.37. The van der Waals surface area contributed by atoms with Crippen molar-refractivity contribution in [1.29, 1.82) is 0 Å². The summed E-state index contributed by atoms with van der Waals surface area (Å²) >= 11 is 0. The first-order valence-corrected chi connectivity index (χ1v) is 10.6. The summed E-state index contributed by atoms with van der Waals surface area (Å²) in [4.78, 5) is 17.4. The van der Waals surface area contributed by atoms with Crippen molar-refractivity contribution in [3.63, 3.8) is 0 Å². The first kappa shape index (κ1) is 22.4. The molecule has 6 heteroatoms. The van der Waals surface area contributed by atoms with E-state index in [0.717, 1.165) is 12.0 Å². The van der Waals surface area contributed by atoms with E-state index in [9.17, 15) is 9.90 Å². The lowest BCUT2D eigenvalue weighted by Crippen LogP contribution is -2.21. The molecule has 0 unspecified atom stereocenters. The number of benzene rings is 2. The van der Waals surface area contributed by atoms with Crippen molar-refractivity contribution in [2.24, 2.45) is 4.99 Å². The second kappa shape index (κ2) is 10.7. The predicted molar refractivity (Wildman–Crippen MR) is 121 cm³/mol. The van der Waals surface area contributed by atoms with E-state index in [4.69, 9.17) is 14.2 Å². The average molecular weight is 424 g/mol. The Morgan fingerprint density at radius 2 is 1.81 bits per heavy atom. The van der Waals surface area contributed by atoms with Gasteiger partial charge in [0, 0.05) is 18.9 Å². The molecule has 1 aliphatic carbocycles. The number of aliphatic hydroxyl groups excluding tert-OH is 1. The molecule has 1 aliphatic rings. The SMILES string of the molecule is CCOc1ccc(CC(O)=C2C(=O)CCCC2=Nc2cccc(OC)c2)cc1OCC. The normalized spacial score (nSPS) is 16.9. The van der Waals surface area contributed by atoms with Crippen LogP contribution in [0.15, 0.2) is 58.8 Å². The zero-order valence-electron chi connectivity index (χ0n) is 18.3. The first-order chi connectivity index (χ1) is 15.0. The van der Waals surface area contributed by atoms with Crippen molar-refractivity contribution >= 4 is 17.2 Å². The lowest BCUT2D eigenvalue weighted by atomic mass is 9.89. The van der Waals surface area contributed by atoms with E-state index in [-0.39, 0.29) is 18.0 Å². The summed E-state index contributed by atoms with van der Waals surface area (Å²) in [5.41, 5.74) is 2.45. The molecule has 3 rings (SSSR count). The number of hydrogen-bond donors (Lipinski definition) is 1. The zero-order valence-corrected chi connectivity index (χ0v) is 18.3. The van der Waals surface area contributed by atoms with E-state index in [1.54, 1.807) is 7.11 Å². The van der Waals surface area contributed by atoms with Gasteiger partial charge in [0.15, 0.2) is 17.3 Å². The van der Waals surface area contributed by atoms with Crippen LogP contribution in [0.1, 0.15) is 38.7 Å². The number of carbonyl (C=O) groups is 1. The Morgan fingerprint density at radius 1 is 1.03 bits per heavy atom. The molecule has 6 nitrogen and oxygen atoms in total. The largest absolute Gasteiger partial charge is 0.511 e. The molecule has 0 saturated heterocycles. The molecular formula is C25H29NO5. The minimum atomic E-state index is -0.0821. The lowest BCUT2D eigenvalue weighted by Gasteiger charge is -2.18. The Bertz CT molecular complexity index is 993. The highest BCUT2D eigenvalue weighted by Gasteiger charge is 2.26. The van der Waals surface area contributed by atoms with Gasteiger partial charge in [-0.3, -0.25) is 9.79 Å². The fourth-order valence-corrected chi connectivity index (χ4v) is 3.59. The quantitative estimate of drug-likeness (QED) is 0.456. The van der Waals surface area contributed by atoms with E-state index in [0.29, 0.717) is 60.3 Å². The van der Waals surface area contributed by atoms with Crippen LogP contribution in [0.4, 0.5) is 5.69 Å². The molecule has 0 spiro atoms. The van der Waals surface area contributed by atoms with Gasteiger partial charge in [-0.2, -0.15) is 0 Å². The standard InChI is InChI=1S/C25H29NO5/c1-4-30-23-13-12-17(15-24(23)31-5-2)14-22(28)25-20(10-7-11-21(25)27)26-18-8-6-9-19(16-18)29-3/h6,8-9,12-13,15-16,28H,4-5,7,10-11,14H2,1-3H3. The fourth-order valence-electron chi connectivity index (χ4n) is 3.59. The van der Waals surface area contributed by atoms with E-state index in [2.05, 4.69) is 4.99 Å². The van der Waals surface area contributed by atoms with E-state index in [1.165, 1.54) is 0 Å². The van der Waals surface area contributed by atoms with Gasteiger partial charge in [0.2, 0.25) is 0 Å². The number of ether oxygens (including phenoxy) is 3. The Labute approximate surface area is 183 Å². The number of methoxy groups -OCH3 is 1. The molecular weight excluding hydrogens is 394 g/mol. The van der Waals surface area contributed by atoms with Gasteiger partial charge < -0.3 is 19.3 Å². The molecule has 0 amide bonds. The lowest BCUT2D eigenvalue weighted by molar-refractivity contribution is -0.115. The molecule has 0 aromatic heterocycles. The van der Waals surface area contributed by atoms with Crippen LogP contribution in [-0.4, -0.2) is 36.9 Å². The molecule has 0 radical (unpaired) electrons. The monoisotopic (exact) mass is 423 g/mol. The molecule has 0 atom stereocenters. The molecule has 2 aromatic rings.